The minimum atomic E-state index is -0.470. The molecule has 7 nitrogen and oxygen atoms in total. The van der Waals surface area contributed by atoms with Crippen LogP contribution in [-0.4, -0.2) is 29.0 Å². The van der Waals surface area contributed by atoms with Gasteiger partial charge < -0.3 is 10.6 Å². The Labute approximate surface area is 169 Å². The molecule has 0 saturated heterocycles. The van der Waals surface area contributed by atoms with Crippen molar-refractivity contribution in [3.8, 4) is 0 Å². The molecule has 0 aliphatic heterocycles. The summed E-state index contributed by atoms with van der Waals surface area (Å²) < 4.78 is 0.875. The maximum absolute atomic E-state index is 12.0. The second-order valence-corrected chi connectivity index (χ2v) is 7.61. The van der Waals surface area contributed by atoms with Crippen molar-refractivity contribution < 1.29 is 14.5 Å². The molecule has 2 amide bonds. The Hall–Kier alpha value is -2.39. The van der Waals surface area contributed by atoms with E-state index in [9.17, 15) is 19.7 Å². The van der Waals surface area contributed by atoms with Crippen LogP contribution in [0.2, 0.25) is 0 Å². The number of nitrogens with one attached hydrogen (secondary N) is 2. The highest BCUT2D eigenvalue weighted by molar-refractivity contribution is 9.10. The van der Waals surface area contributed by atoms with Gasteiger partial charge in [-0.2, -0.15) is 0 Å². The Morgan fingerprint density at radius 2 is 1.85 bits per heavy atom. The van der Waals surface area contributed by atoms with Gasteiger partial charge in [-0.25, -0.2) is 0 Å². The average Bonchev–Trinajstić information content (AvgIpc) is 2.63. The fourth-order valence-corrected chi connectivity index (χ4v) is 3.21. The SMILES string of the molecule is Cc1ccc(Br)cc1NC(=O)CCNC(=O)CSc1ccc([N+](=O)[O-])cc1. The second kappa shape index (κ2) is 10.1. The fraction of sp³-hybridized carbons (Fsp3) is 0.222. The molecular weight excluding hydrogens is 434 g/mol. The Kier molecular flexibility index (Phi) is 7.81. The van der Waals surface area contributed by atoms with Crippen molar-refractivity contribution >= 4 is 50.9 Å². The van der Waals surface area contributed by atoms with Gasteiger partial charge in [-0.15, -0.1) is 11.8 Å². The van der Waals surface area contributed by atoms with Crippen LogP contribution in [0.25, 0.3) is 0 Å². The third-order valence-electron chi connectivity index (χ3n) is 3.57. The van der Waals surface area contributed by atoms with E-state index in [0.717, 1.165) is 20.6 Å². The summed E-state index contributed by atoms with van der Waals surface area (Å²) in [4.78, 5) is 34.7. The van der Waals surface area contributed by atoms with E-state index in [1.54, 1.807) is 12.1 Å². The van der Waals surface area contributed by atoms with E-state index < -0.39 is 4.92 Å². The Bertz CT molecular complexity index is 843. The quantitative estimate of drug-likeness (QED) is 0.359. The topological polar surface area (TPSA) is 101 Å². The standard InChI is InChI=1S/C18H18BrN3O4S/c1-12-2-3-13(19)10-16(12)21-17(23)8-9-20-18(24)11-27-15-6-4-14(5-7-15)22(25)26/h2-7,10H,8-9,11H2,1H3,(H,20,24)(H,21,23). The van der Waals surface area contributed by atoms with Gasteiger partial charge in [-0.1, -0.05) is 22.0 Å². The summed E-state index contributed by atoms with van der Waals surface area (Å²) in [6.45, 7) is 2.14. The lowest BCUT2D eigenvalue weighted by Crippen LogP contribution is -2.29. The summed E-state index contributed by atoms with van der Waals surface area (Å²) in [6, 6.07) is 11.6. The van der Waals surface area contributed by atoms with Crippen LogP contribution >= 0.6 is 27.7 Å². The summed E-state index contributed by atoms with van der Waals surface area (Å²) in [5.74, 6) is -0.214. The number of amides is 2. The van der Waals surface area contributed by atoms with Crippen LogP contribution < -0.4 is 10.6 Å². The summed E-state index contributed by atoms with van der Waals surface area (Å²) in [6.07, 6.45) is 0.167. The van der Waals surface area contributed by atoms with E-state index >= 15 is 0 Å². The van der Waals surface area contributed by atoms with Gasteiger partial charge in [0.2, 0.25) is 11.8 Å². The summed E-state index contributed by atoms with van der Waals surface area (Å²) in [5, 5.41) is 16.1. The van der Waals surface area contributed by atoms with E-state index in [4.69, 9.17) is 0 Å². The summed E-state index contributed by atoms with van der Waals surface area (Å²) >= 11 is 4.64. The van der Waals surface area contributed by atoms with E-state index in [-0.39, 0.29) is 36.2 Å². The van der Waals surface area contributed by atoms with Crippen LogP contribution in [-0.2, 0) is 9.59 Å². The number of aryl methyl sites for hydroxylation is 1. The van der Waals surface area contributed by atoms with Gasteiger partial charge in [-0.3, -0.25) is 19.7 Å². The first-order valence-electron chi connectivity index (χ1n) is 8.05. The molecule has 0 spiro atoms. The largest absolute Gasteiger partial charge is 0.355 e. The maximum Gasteiger partial charge on any atom is 0.269 e. The molecule has 2 aromatic rings. The number of nitro benzene ring substituents is 1. The number of hydrogen-bond donors (Lipinski definition) is 2. The number of halogens is 1. The number of nitro groups is 1. The number of carbonyl (C=O) groups excluding carboxylic acids is 2. The monoisotopic (exact) mass is 451 g/mol. The molecule has 0 bridgehead atoms. The third kappa shape index (κ3) is 7.03. The molecular formula is C18H18BrN3O4S. The number of anilines is 1. The molecule has 0 heterocycles. The molecule has 0 aliphatic carbocycles. The molecule has 2 rings (SSSR count). The number of non-ortho nitro benzene ring substituents is 1. The Morgan fingerprint density at radius 1 is 1.15 bits per heavy atom. The van der Waals surface area contributed by atoms with Crippen molar-refractivity contribution in [3.63, 3.8) is 0 Å². The highest BCUT2D eigenvalue weighted by Crippen LogP contribution is 2.21. The molecule has 0 aliphatic rings. The van der Waals surface area contributed by atoms with Gasteiger partial charge in [0.1, 0.15) is 0 Å². The van der Waals surface area contributed by atoms with Crippen LogP contribution in [0.4, 0.5) is 11.4 Å². The van der Waals surface area contributed by atoms with Crippen molar-refractivity contribution in [2.45, 2.75) is 18.2 Å². The van der Waals surface area contributed by atoms with Crippen molar-refractivity contribution in [3.05, 3.63) is 62.6 Å². The zero-order valence-electron chi connectivity index (χ0n) is 14.5. The molecule has 0 atom stereocenters. The van der Waals surface area contributed by atoms with Gasteiger partial charge in [0.05, 0.1) is 10.7 Å². The van der Waals surface area contributed by atoms with Crippen LogP contribution in [0.5, 0.6) is 0 Å². The molecule has 0 radical (unpaired) electrons. The van der Waals surface area contributed by atoms with Gasteiger partial charge in [0, 0.05) is 40.2 Å². The van der Waals surface area contributed by atoms with Gasteiger partial charge in [-0.05, 0) is 36.8 Å². The molecule has 2 aromatic carbocycles. The number of hydrogen-bond acceptors (Lipinski definition) is 5. The molecule has 142 valence electrons. The Morgan fingerprint density at radius 3 is 2.52 bits per heavy atom. The zero-order chi connectivity index (χ0) is 19.8. The van der Waals surface area contributed by atoms with Crippen LogP contribution in [0, 0.1) is 17.0 Å². The molecule has 27 heavy (non-hydrogen) atoms. The maximum atomic E-state index is 12.0. The first kappa shape index (κ1) is 20.9. The summed E-state index contributed by atoms with van der Waals surface area (Å²) in [7, 11) is 0. The first-order chi connectivity index (χ1) is 12.8. The second-order valence-electron chi connectivity index (χ2n) is 5.65. The normalized spacial score (nSPS) is 10.3. The lowest BCUT2D eigenvalue weighted by atomic mass is 10.2. The predicted octanol–water partition coefficient (Wildman–Crippen LogP) is 3.90. The molecule has 0 unspecified atom stereocenters. The van der Waals surface area contributed by atoms with Crippen molar-refractivity contribution in [2.24, 2.45) is 0 Å². The van der Waals surface area contributed by atoms with Gasteiger partial charge in [0.15, 0.2) is 0 Å². The molecule has 0 aromatic heterocycles. The van der Waals surface area contributed by atoms with E-state index in [1.807, 2.05) is 25.1 Å². The zero-order valence-corrected chi connectivity index (χ0v) is 16.9. The van der Waals surface area contributed by atoms with E-state index in [2.05, 4.69) is 26.6 Å². The highest BCUT2D eigenvalue weighted by atomic mass is 79.9. The smallest absolute Gasteiger partial charge is 0.269 e. The number of rotatable bonds is 8. The van der Waals surface area contributed by atoms with E-state index in [1.165, 1.54) is 23.9 Å². The fourth-order valence-electron chi connectivity index (χ4n) is 2.12. The number of nitrogens with zero attached hydrogens (tertiary/aromatic N) is 1. The van der Waals surface area contributed by atoms with Gasteiger partial charge in [0.25, 0.3) is 5.69 Å². The van der Waals surface area contributed by atoms with E-state index in [0.29, 0.717) is 0 Å². The minimum Gasteiger partial charge on any atom is -0.355 e. The average molecular weight is 452 g/mol. The van der Waals surface area contributed by atoms with Crippen molar-refractivity contribution in [1.29, 1.82) is 0 Å². The van der Waals surface area contributed by atoms with Gasteiger partial charge >= 0.3 is 0 Å². The molecule has 0 saturated carbocycles. The lowest BCUT2D eigenvalue weighted by Gasteiger charge is -2.09. The summed E-state index contributed by atoms with van der Waals surface area (Å²) in [5.41, 5.74) is 1.69. The molecule has 2 N–H and O–H groups in total. The Balaban J connectivity index is 1.70. The van der Waals surface area contributed by atoms with Crippen molar-refractivity contribution in [1.82, 2.24) is 5.32 Å². The van der Waals surface area contributed by atoms with Crippen LogP contribution in [0.15, 0.2) is 51.8 Å². The first-order valence-corrected chi connectivity index (χ1v) is 9.83. The number of benzene rings is 2. The molecule has 9 heteroatoms. The predicted molar refractivity (Wildman–Crippen MR) is 109 cm³/mol. The van der Waals surface area contributed by atoms with Crippen molar-refractivity contribution in [2.75, 3.05) is 17.6 Å². The third-order valence-corrected chi connectivity index (χ3v) is 5.07. The van der Waals surface area contributed by atoms with Crippen LogP contribution in [0.3, 0.4) is 0 Å². The highest BCUT2D eigenvalue weighted by Gasteiger charge is 2.08. The van der Waals surface area contributed by atoms with Crippen LogP contribution in [0.1, 0.15) is 12.0 Å². The minimum absolute atomic E-state index is 0.00972. The number of thioether (sulfide) groups is 1. The number of carbonyl (C=O) groups is 2. The molecule has 0 fully saturated rings. The lowest BCUT2D eigenvalue weighted by molar-refractivity contribution is -0.384.